The van der Waals surface area contributed by atoms with Gasteiger partial charge in [-0.3, -0.25) is 4.79 Å². The number of halogens is 1. The van der Waals surface area contributed by atoms with Crippen LogP contribution >= 0.6 is 0 Å². The maximum atomic E-state index is 12.7. The molecule has 1 N–H and O–H groups in total. The van der Waals surface area contributed by atoms with E-state index in [2.05, 4.69) is 5.32 Å². The van der Waals surface area contributed by atoms with E-state index in [0.29, 0.717) is 19.3 Å². The molecule has 3 heteroatoms. The van der Waals surface area contributed by atoms with Gasteiger partial charge in [-0.2, -0.15) is 0 Å². The Hall–Kier alpha value is -0.600. The number of rotatable bonds is 2. The van der Waals surface area contributed by atoms with Crippen molar-refractivity contribution in [3.05, 3.63) is 0 Å². The number of amides is 1. The van der Waals surface area contributed by atoms with Gasteiger partial charge in [-0.05, 0) is 33.1 Å². The molecule has 2 nitrogen and oxygen atoms in total. The number of alkyl halides is 1. The maximum absolute atomic E-state index is 12.7. The Morgan fingerprint density at radius 2 is 2.17 bits per heavy atom. The molecular weight excluding hydrogens is 157 g/mol. The van der Waals surface area contributed by atoms with Gasteiger partial charge in [0.1, 0.15) is 6.17 Å². The zero-order valence-corrected chi connectivity index (χ0v) is 7.64. The Morgan fingerprint density at radius 1 is 1.50 bits per heavy atom. The second-order valence-electron chi connectivity index (χ2n) is 3.77. The lowest BCUT2D eigenvalue weighted by Crippen LogP contribution is -2.34. The monoisotopic (exact) mass is 173 g/mol. The lowest BCUT2D eigenvalue weighted by Gasteiger charge is -2.12. The van der Waals surface area contributed by atoms with Crippen molar-refractivity contribution in [2.45, 2.75) is 45.3 Å². The highest BCUT2D eigenvalue weighted by molar-refractivity contribution is 5.79. The summed E-state index contributed by atoms with van der Waals surface area (Å²) >= 11 is 0. The Bertz CT molecular complexity index is 170. The quantitative estimate of drug-likeness (QED) is 0.676. The Kier molecular flexibility index (Phi) is 3.06. The fraction of sp³-hybridized carbons (Fsp3) is 0.889. The molecule has 0 bridgehead atoms. The predicted octanol–water partition coefficient (Wildman–Crippen LogP) is 1.65. The highest BCUT2D eigenvalue weighted by Crippen LogP contribution is 2.27. The molecule has 1 rings (SSSR count). The molecule has 1 amide bonds. The second kappa shape index (κ2) is 3.87. The number of hydrogen-bond acceptors (Lipinski definition) is 1. The van der Waals surface area contributed by atoms with Crippen LogP contribution in [-0.4, -0.2) is 18.1 Å². The van der Waals surface area contributed by atoms with E-state index in [0.717, 1.165) is 0 Å². The summed E-state index contributed by atoms with van der Waals surface area (Å²) < 4.78 is 12.7. The van der Waals surface area contributed by atoms with Crippen LogP contribution in [0, 0.1) is 5.92 Å². The number of carbonyl (C=O) groups is 1. The van der Waals surface area contributed by atoms with Gasteiger partial charge in [-0.15, -0.1) is 0 Å². The zero-order chi connectivity index (χ0) is 9.14. The van der Waals surface area contributed by atoms with Crippen LogP contribution in [-0.2, 0) is 4.79 Å². The molecule has 0 aromatic heterocycles. The molecule has 12 heavy (non-hydrogen) atoms. The highest BCUT2D eigenvalue weighted by atomic mass is 19.1. The normalized spacial score (nSPS) is 29.3. The van der Waals surface area contributed by atoms with E-state index in [1.807, 2.05) is 13.8 Å². The van der Waals surface area contributed by atoms with Gasteiger partial charge < -0.3 is 5.32 Å². The van der Waals surface area contributed by atoms with Crippen molar-refractivity contribution in [1.29, 1.82) is 0 Å². The molecule has 1 aliphatic rings. The SMILES string of the molecule is CC(C)NC(=O)C1CCC(F)C1. The summed E-state index contributed by atoms with van der Waals surface area (Å²) in [6, 6.07) is 0.163. The van der Waals surface area contributed by atoms with E-state index in [9.17, 15) is 9.18 Å². The molecule has 0 spiro atoms. The smallest absolute Gasteiger partial charge is 0.223 e. The first-order valence-corrected chi connectivity index (χ1v) is 4.54. The molecule has 1 saturated carbocycles. The third-order valence-corrected chi connectivity index (χ3v) is 2.17. The molecule has 2 unspecified atom stereocenters. The van der Waals surface area contributed by atoms with Crippen molar-refractivity contribution in [3.8, 4) is 0 Å². The summed E-state index contributed by atoms with van der Waals surface area (Å²) in [4.78, 5) is 11.3. The lowest BCUT2D eigenvalue weighted by atomic mass is 10.1. The van der Waals surface area contributed by atoms with Gasteiger partial charge in [-0.25, -0.2) is 4.39 Å². The van der Waals surface area contributed by atoms with Crippen molar-refractivity contribution >= 4 is 5.91 Å². The minimum absolute atomic E-state index is 0.0187. The molecule has 0 saturated heterocycles. The summed E-state index contributed by atoms with van der Waals surface area (Å²) in [5.41, 5.74) is 0. The van der Waals surface area contributed by atoms with Gasteiger partial charge in [0.2, 0.25) is 5.91 Å². The van der Waals surface area contributed by atoms with Crippen LogP contribution < -0.4 is 5.32 Å². The predicted molar refractivity (Wildman–Crippen MR) is 45.5 cm³/mol. The van der Waals surface area contributed by atoms with Gasteiger partial charge in [0.25, 0.3) is 0 Å². The average molecular weight is 173 g/mol. The van der Waals surface area contributed by atoms with Gasteiger partial charge in [0.05, 0.1) is 0 Å². The summed E-state index contributed by atoms with van der Waals surface area (Å²) in [5.74, 6) is -0.0625. The average Bonchev–Trinajstić information content (AvgIpc) is 2.34. The second-order valence-corrected chi connectivity index (χ2v) is 3.77. The van der Waals surface area contributed by atoms with Gasteiger partial charge in [-0.1, -0.05) is 0 Å². The van der Waals surface area contributed by atoms with E-state index in [-0.39, 0.29) is 17.9 Å². The largest absolute Gasteiger partial charge is 0.354 e. The van der Waals surface area contributed by atoms with E-state index in [1.54, 1.807) is 0 Å². The number of hydrogen-bond donors (Lipinski definition) is 1. The summed E-state index contributed by atoms with van der Waals surface area (Å²) in [6.45, 7) is 3.83. The first kappa shape index (κ1) is 9.49. The third-order valence-electron chi connectivity index (χ3n) is 2.17. The van der Waals surface area contributed by atoms with E-state index in [4.69, 9.17) is 0 Å². The van der Waals surface area contributed by atoms with Crippen molar-refractivity contribution < 1.29 is 9.18 Å². The third kappa shape index (κ3) is 2.47. The van der Waals surface area contributed by atoms with Crippen molar-refractivity contribution in [2.24, 2.45) is 5.92 Å². The van der Waals surface area contributed by atoms with Crippen molar-refractivity contribution in [2.75, 3.05) is 0 Å². The molecule has 2 atom stereocenters. The van der Waals surface area contributed by atoms with Crippen molar-refractivity contribution in [1.82, 2.24) is 5.32 Å². The van der Waals surface area contributed by atoms with Crippen LogP contribution in [0.1, 0.15) is 33.1 Å². The molecule has 0 heterocycles. The minimum atomic E-state index is -0.757. The van der Waals surface area contributed by atoms with E-state index < -0.39 is 6.17 Å². The Labute approximate surface area is 72.5 Å². The van der Waals surface area contributed by atoms with Crippen LogP contribution in [0.3, 0.4) is 0 Å². The number of carbonyl (C=O) groups excluding carboxylic acids is 1. The first-order valence-electron chi connectivity index (χ1n) is 4.54. The molecular formula is C9H16FNO. The lowest BCUT2D eigenvalue weighted by molar-refractivity contribution is -0.125. The van der Waals surface area contributed by atoms with Crippen LogP contribution in [0.2, 0.25) is 0 Å². The van der Waals surface area contributed by atoms with E-state index >= 15 is 0 Å². The van der Waals surface area contributed by atoms with Crippen LogP contribution in [0.4, 0.5) is 4.39 Å². The van der Waals surface area contributed by atoms with Crippen LogP contribution in [0.5, 0.6) is 0 Å². The molecule has 0 aromatic rings. The molecule has 1 aliphatic carbocycles. The fourth-order valence-corrected chi connectivity index (χ4v) is 1.57. The van der Waals surface area contributed by atoms with Crippen LogP contribution in [0.25, 0.3) is 0 Å². The Morgan fingerprint density at radius 3 is 2.58 bits per heavy atom. The summed E-state index contributed by atoms with van der Waals surface area (Å²) in [5, 5.41) is 2.80. The van der Waals surface area contributed by atoms with Gasteiger partial charge >= 0.3 is 0 Å². The van der Waals surface area contributed by atoms with E-state index in [1.165, 1.54) is 0 Å². The van der Waals surface area contributed by atoms with Crippen molar-refractivity contribution in [3.63, 3.8) is 0 Å². The van der Waals surface area contributed by atoms with Gasteiger partial charge in [0.15, 0.2) is 0 Å². The molecule has 0 radical (unpaired) electrons. The Balaban J connectivity index is 2.33. The standard InChI is InChI=1S/C9H16FNO/c1-6(2)11-9(12)7-3-4-8(10)5-7/h6-8H,3-5H2,1-2H3,(H,11,12). The molecule has 70 valence electrons. The zero-order valence-electron chi connectivity index (χ0n) is 7.64. The van der Waals surface area contributed by atoms with Crippen LogP contribution in [0.15, 0.2) is 0 Å². The summed E-state index contributed by atoms with van der Waals surface area (Å²) in [6.07, 6.45) is 0.918. The first-order chi connectivity index (χ1) is 5.59. The molecule has 0 aromatic carbocycles. The minimum Gasteiger partial charge on any atom is -0.354 e. The number of nitrogens with one attached hydrogen (secondary N) is 1. The topological polar surface area (TPSA) is 29.1 Å². The molecule has 1 fully saturated rings. The van der Waals surface area contributed by atoms with Gasteiger partial charge in [0, 0.05) is 12.0 Å². The molecule has 0 aliphatic heterocycles. The maximum Gasteiger partial charge on any atom is 0.223 e. The fourth-order valence-electron chi connectivity index (χ4n) is 1.57. The summed E-state index contributed by atoms with van der Waals surface area (Å²) in [7, 11) is 0. The highest BCUT2D eigenvalue weighted by Gasteiger charge is 2.29.